The van der Waals surface area contributed by atoms with E-state index >= 15 is 0 Å². The van der Waals surface area contributed by atoms with E-state index in [9.17, 15) is 0 Å². The molecule has 1 aromatic carbocycles. The van der Waals surface area contributed by atoms with E-state index in [0.717, 1.165) is 19.3 Å². The van der Waals surface area contributed by atoms with Crippen molar-refractivity contribution in [2.24, 2.45) is 5.73 Å². The van der Waals surface area contributed by atoms with E-state index in [-0.39, 0.29) is 5.54 Å². The van der Waals surface area contributed by atoms with Crippen LogP contribution in [0, 0.1) is 13.8 Å². The number of hydrogen-bond donors (Lipinski definition) is 1. The first-order chi connectivity index (χ1) is 7.00. The topological polar surface area (TPSA) is 26.0 Å². The van der Waals surface area contributed by atoms with Gasteiger partial charge < -0.3 is 5.73 Å². The van der Waals surface area contributed by atoms with E-state index in [4.69, 9.17) is 5.73 Å². The predicted molar refractivity (Wildman–Crippen MR) is 67.1 cm³/mol. The molecule has 0 saturated heterocycles. The Kier molecular flexibility index (Phi) is 3.92. The zero-order valence-electron chi connectivity index (χ0n) is 10.4. The molecule has 0 fully saturated rings. The quantitative estimate of drug-likeness (QED) is 0.801. The molecular weight excluding hydrogens is 182 g/mol. The third kappa shape index (κ3) is 3.07. The van der Waals surface area contributed by atoms with Gasteiger partial charge in [-0.3, -0.25) is 0 Å². The van der Waals surface area contributed by atoms with Gasteiger partial charge in [-0.25, -0.2) is 0 Å². The summed E-state index contributed by atoms with van der Waals surface area (Å²) in [7, 11) is 0. The second kappa shape index (κ2) is 4.80. The van der Waals surface area contributed by atoms with Crippen LogP contribution in [-0.2, 0) is 6.42 Å². The Balaban J connectivity index is 2.85. The highest BCUT2D eigenvalue weighted by Crippen LogP contribution is 2.20. The fourth-order valence-corrected chi connectivity index (χ4v) is 1.82. The van der Waals surface area contributed by atoms with Gasteiger partial charge >= 0.3 is 0 Å². The smallest absolute Gasteiger partial charge is 0.0189 e. The van der Waals surface area contributed by atoms with Crippen LogP contribution >= 0.6 is 0 Å². The molecule has 0 aromatic heterocycles. The highest BCUT2D eigenvalue weighted by atomic mass is 14.7. The molecule has 0 aliphatic carbocycles. The summed E-state index contributed by atoms with van der Waals surface area (Å²) in [6, 6.07) is 6.66. The van der Waals surface area contributed by atoms with Gasteiger partial charge in [-0.05, 0) is 49.8 Å². The van der Waals surface area contributed by atoms with Gasteiger partial charge in [0.1, 0.15) is 0 Å². The minimum absolute atomic E-state index is 0.0261. The molecule has 0 saturated carbocycles. The van der Waals surface area contributed by atoms with Crippen LogP contribution in [0.25, 0.3) is 0 Å². The Morgan fingerprint density at radius 1 is 1.07 bits per heavy atom. The summed E-state index contributed by atoms with van der Waals surface area (Å²) in [6.07, 6.45) is 3.06. The molecule has 84 valence electrons. The maximum atomic E-state index is 6.32. The molecule has 0 bridgehead atoms. The van der Waals surface area contributed by atoms with Crippen molar-refractivity contribution in [3.63, 3.8) is 0 Å². The van der Waals surface area contributed by atoms with Crippen molar-refractivity contribution >= 4 is 0 Å². The molecule has 1 rings (SSSR count). The molecule has 0 unspecified atom stereocenters. The van der Waals surface area contributed by atoms with Crippen LogP contribution in [0.2, 0.25) is 0 Å². The lowest BCUT2D eigenvalue weighted by atomic mass is 9.86. The molecule has 1 aromatic rings. The van der Waals surface area contributed by atoms with Crippen LogP contribution in [0.3, 0.4) is 0 Å². The van der Waals surface area contributed by atoms with Gasteiger partial charge in [0.25, 0.3) is 0 Å². The van der Waals surface area contributed by atoms with Crippen LogP contribution in [0.4, 0.5) is 0 Å². The highest BCUT2D eigenvalue weighted by molar-refractivity contribution is 5.30. The number of aryl methyl sites for hydroxylation is 2. The highest BCUT2D eigenvalue weighted by Gasteiger charge is 2.20. The molecule has 1 heteroatoms. The average Bonchev–Trinajstić information content (AvgIpc) is 2.23. The first kappa shape index (κ1) is 12.3. The lowest BCUT2D eigenvalue weighted by molar-refractivity contribution is 0.393. The summed E-state index contributed by atoms with van der Waals surface area (Å²) in [4.78, 5) is 0. The van der Waals surface area contributed by atoms with Gasteiger partial charge in [0.05, 0.1) is 0 Å². The fourth-order valence-electron chi connectivity index (χ4n) is 1.82. The van der Waals surface area contributed by atoms with Gasteiger partial charge in [0.2, 0.25) is 0 Å². The van der Waals surface area contributed by atoms with Crippen LogP contribution in [0.5, 0.6) is 0 Å². The predicted octanol–water partition coefficient (Wildman–Crippen LogP) is 3.36. The Labute approximate surface area is 93.7 Å². The van der Waals surface area contributed by atoms with Gasteiger partial charge in [-0.15, -0.1) is 0 Å². The number of rotatable bonds is 4. The van der Waals surface area contributed by atoms with Crippen molar-refractivity contribution in [3.05, 3.63) is 34.9 Å². The summed E-state index contributed by atoms with van der Waals surface area (Å²) in [5.74, 6) is 0. The standard InChI is InChI=1S/C14H23N/c1-5-14(15,6-2)10-13-8-7-11(3)12(4)9-13/h7-9H,5-6,10,15H2,1-4H3. The first-order valence-corrected chi connectivity index (χ1v) is 5.86. The molecule has 2 N–H and O–H groups in total. The van der Waals surface area contributed by atoms with Crippen LogP contribution in [0.1, 0.15) is 43.4 Å². The third-order valence-corrected chi connectivity index (χ3v) is 3.54. The van der Waals surface area contributed by atoms with Crippen molar-refractivity contribution in [2.75, 3.05) is 0 Å². The molecule has 0 aliphatic heterocycles. The van der Waals surface area contributed by atoms with Crippen molar-refractivity contribution in [1.29, 1.82) is 0 Å². The Morgan fingerprint density at radius 2 is 1.67 bits per heavy atom. The summed E-state index contributed by atoms with van der Waals surface area (Å²) >= 11 is 0. The molecule has 0 atom stereocenters. The minimum Gasteiger partial charge on any atom is -0.325 e. The molecule has 0 heterocycles. The molecule has 15 heavy (non-hydrogen) atoms. The maximum absolute atomic E-state index is 6.32. The zero-order valence-corrected chi connectivity index (χ0v) is 10.4. The van der Waals surface area contributed by atoms with E-state index in [1.807, 2.05) is 0 Å². The van der Waals surface area contributed by atoms with Gasteiger partial charge in [0, 0.05) is 5.54 Å². The zero-order chi connectivity index (χ0) is 11.5. The molecular formula is C14H23N. The number of hydrogen-bond acceptors (Lipinski definition) is 1. The minimum atomic E-state index is -0.0261. The number of nitrogens with two attached hydrogens (primary N) is 1. The lowest BCUT2D eigenvalue weighted by Gasteiger charge is -2.27. The van der Waals surface area contributed by atoms with E-state index in [1.54, 1.807) is 0 Å². The van der Waals surface area contributed by atoms with E-state index in [2.05, 4.69) is 45.9 Å². The fraction of sp³-hybridized carbons (Fsp3) is 0.571. The van der Waals surface area contributed by atoms with Crippen molar-refractivity contribution in [3.8, 4) is 0 Å². The van der Waals surface area contributed by atoms with Crippen molar-refractivity contribution in [1.82, 2.24) is 0 Å². The van der Waals surface area contributed by atoms with Crippen LogP contribution in [-0.4, -0.2) is 5.54 Å². The SMILES string of the molecule is CCC(N)(CC)Cc1ccc(C)c(C)c1. The van der Waals surface area contributed by atoms with Gasteiger partial charge in [-0.1, -0.05) is 32.0 Å². The summed E-state index contributed by atoms with van der Waals surface area (Å²) in [5, 5.41) is 0. The number of benzene rings is 1. The Morgan fingerprint density at radius 3 is 2.13 bits per heavy atom. The summed E-state index contributed by atoms with van der Waals surface area (Å²) < 4.78 is 0. The normalized spacial score (nSPS) is 11.8. The van der Waals surface area contributed by atoms with Crippen molar-refractivity contribution < 1.29 is 0 Å². The van der Waals surface area contributed by atoms with E-state index < -0.39 is 0 Å². The molecule has 0 aliphatic rings. The summed E-state index contributed by atoms with van der Waals surface area (Å²) in [6.45, 7) is 8.65. The molecule has 1 nitrogen and oxygen atoms in total. The van der Waals surface area contributed by atoms with Gasteiger partial charge in [0.15, 0.2) is 0 Å². The largest absolute Gasteiger partial charge is 0.325 e. The van der Waals surface area contributed by atoms with E-state index in [0.29, 0.717) is 0 Å². The Hall–Kier alpha value is -0.820. The van der Waals surface area contributed by atoms with Gasteiger partial charge in [-0.2, -0.15) is 0 Å². The summed E-state index contributed by atoms with van der Waals surface area (Å²) in [5.41, 5.74) is 10.4. The van der Waals surface area contributed by atoms with Crippen molar-refractivity contribution in [2.45, 2.75) is 52.5 Å². The maximum Gasteiger partial charge on any atom is 0.0189 e. The van der Waals surface area contributed by atoms with Crippen LogP contribution < -0.4 is 5.73 Å². The van der Waals surface area contributed by atoms with Crippen LogP contribution in [0.15, 0.2) is 18.2 Å². The second-order valence-electron chi connectivity index (χ2n) is 4.66. The molecule has 0 radical (unpaired) electrons. The molecule has 0 amide bonds. The third-order valence-electron chi connectivity index (χ3n) is 3.54. The second-order valence-corrected chi connectivity index (χ2v) is 4.66. The molecule has 0 spiro atoms. The monoisotopic (exact) mass is 205 g/mol. The first-order valence-electron chi connectivity index (χ1n) is 5.86. The van der Waals surface area contributed by atoms with E-state index in [1.165, 1.54) is 16.7 Å². The average molecular weight is 205 g/mol. The lowest BCUT2D eigenvalue weighted by Crippen LogP contribution is -2.40. The Bertz CT molecular complexity index is 324.